The van der Waals surface area contributed by atoms with Gasteiger partial charge in [-0.3, -0.25) is 19.4 Å². The standard InChI is InChI=1S/C30H39Cl2N3O4/c1-4-28(37)39-30(21(2)3)35-26-20-23(12-10-22(26)11-13-27(35)36)38-19-6-5-14-33-15-17-34(18-16-33)25-9-7-8-24(31)29(25)32/h7-10,12,20-21,30H,4-6,11,13-19H2,1-3H3. The number of rotatable bonds is 11. The van der Waals surface area contributed by atoms with Gasteiger partial charge in [0.05, 0.1) is 28.0 Å². The fourth-order valence-corrected chi connectivity index (χ4v) is 5.54. The van der Waals surface area contributed by atoms with E-state index in [1.807, 2.05) is 50.2 Å². The van der Waals surface area contributed by atoms with Crippen molar-refractivity contribution in [1.82, 2.24) is 4.90 Å². The monoisotopic (exact) mass is 575 g/mol. The van der Waals surface area contributed by atoms with Crippen molar-refractivity contribution >= 4 is 46.5 Å². The van der Waals surface area contributed by atoms with Crippen molar-refractivity contribution in [1.29, 1.82) is 0 Å². The Bertz CT molecular complexity index is 1150. The lowest BCUT2D eigenvalue weighted by atomic mass is 9.98. The molecule has 0 radical (unpaired) electrons. The topological polar surface area (TPSA) is 62.3 Å². The minimum Gasteiger partial charge on any atom is -0.494 e. The van der Waals surface area contributed by atoms with Gasteiger partial charge in [-0.25, -0.2) is 0 Å². The van der Waals surface area contributed by atoms with Gasteiger partial charge >= 0.3 is 5.97 Å². The smallest absolute Gasteiger partial charge is 0.307 e. The van der Waals surface area contributed by atoms with Gasteiger partial charge in [-0.1, -0.05) is 56.1 Å². The number of carbonyl (C=O) groups is 2. The molecule has 2 aromatic rings. The molecule has 0 bridgehead atoms. The minimum atomic E-state index is -0.630. The first-order valence-corrected chi connectivity index (χ1v) is 14.7. The van der Waals surface area contributed by atoms with Gasteiger partial charge in [0.2, 0.25) is 5.91 Å². The molecular formula is C30H39Cl2N3O4. The van der Waals surface area contributed by atoms with Crippen LogP contribution in [0.1, 0.15) is 52.0 Å². The first-order valence-electron chi connectivity index (χ1n) is 14.0. The van der Waals surface area contributed by atoms with Crippen LogP contribution in [0.25, 0.3) is 0 Å². The summed E-state index contributed by atoms with van der Waals surface area (Å²) in [6.07, 6.45) is 2.69. The molecule has 2 heterocycles. The van der Waals surface area contributed by atoms with Crippen LogP contribution in [-0.4, -0.2) is 62.3 Å². The van der Waals surface area contributed by atoms with Crippen molar-refractivity contribution in [2.45, 2.75) is 59.1 Å². The fraction of sp³-hybridized carbons (Fsp3) is 0.533. The van der Waals surface area contributed by atoms with Crippen molar-refractivity contribution in [3.05, 3.63) is 52.0 Å². The highest BCUT2D eigenvalue weighted by atomic mass is 35.5. The summed E-state index contributed by atoms with van der Waals surface area (Å²) in [6, 6.07) is 11.7. The zero-order valence-electron chi connectivity index (χ0n) is 23.1. The number of hydrogen-bond acceptors (Lipinski definition) is 6. The van der Waals surface area contributed by atoms with Crippen LogP contribution < -0.4 is 14.5 Å². The molecule has 0 aliphatic carbocycles. The Morgan fingerprint density at radius 3 is 2.49 bits per heavy atom. The molecule has 1 saturated heterocycles. The third-order valence-electron chi connectivity index (χ3n) is 7.34. The number of halogens is 2. The molecule has 2 aliphatic heterocycles. The molecule has 0 aromatic heterocycles. The number of piperazine rings is 1. The van der Waals surface area contributed by atoms with Gasteiger partial charge in [-0.2, -0.15) is 0 Å². The molecule has 1 fully saturated rings. The molecule has 9 heteroatoms. The molecule has 4 rings (SSSR count). The first-order chi connectivity index (χ1) is 18.8. The molecule has 1 atom stereocenters. The number of nitrogens with zero attached hydrogens (tertiary/aromatic N) is 3. The predicted molar refractivity (Wildman–Crippen MR) is 157 cm³/mol. The largest absolute Gasteiger partial charge is 0.494 e. The van der Waals surface area contributed by atoms with Gasteiger partial charge in [0.1, 0.15) is 5.75 Å². The normalized spacial score (nSPS) is 16.8. The number of aryl methyl sites for hydroxylation is 1. The molecule has 212 valence electrons. The number of amides is 1. The summed E-state index contributed by atoms with van der Waals surface area (Å²) in [5, 5.41) is 1.22. The molecule has 7 nitrogen and oxygen atoms in total. The van der Waals surface area contributed by atoms with Gasteiger partial charge in [0, 0.05) is 51.0 Å². The number of fused-ring (bicyclic) bond motifs is 1. The third-order valence-corrected chi connectivity index (χ3v) is 8.15. The molecular weight excluding hydrogens is 537 g/mol. The predicted octanol–water partition coefficient (Wildman–Crippen LogP) is 6.19. The van der Waals surface area contributed by atoms with Gasteiger partial charge in [0.25, 0.3) is 0 Å². The Hall–Kier alpha value is -2.48. The van der Waals surface area contributed by atoms with E-state index in [0.29, 0.717) is 29.5 Å². The highest BCUT2D eigenvalue weighted by molar-refractivity contribution is 6.43. The fourth-order valence-electron chi connectivity index (χ4n) is 5.13. The van der Waals surface area contributed by atoms with Crippen molar-refractivity contribution in [2.75, 3.05) is 49.1 Å². The summed E-state index contributed by atoms with van der Waals surface area (Å²) in [4.78, 5) is 31.4. The lowest BCUT2D eigenvalue weighted by molar-refractivity contribution is -0.152. The van der Waals surface area contributed by atoms with Crippen LogP contribution in [0.4, 0.5) is 11.4 Å². The molecule has 2 aromatic carbocycles. The maximum Gasteiger partial charge on any atom is 0.307 e. The van der Waals surface area contributed by atoms with E-state index in [1.165, 1.54) is 0 Å². The van der Waals surface area contributed by atoms with E-state index in [2.05, 4.69) is 9.80 Å². The molecule has 1 amide bonds. The lowest BCUT2D eigenvalue weighted by Gasteiger charge is -2.37. The Labute approximate surface area is 241 Å². The average Bonchev–Trinajstić information content (AvgIpc) is 2.93. The van der Waals surface area contributed by atoms with Crippen LogP contribution in [0.15, 0.2) is 36.4 Å². The number of benzene rings is 2. The van der Waals surface area contributed by atoms with Gasteiger partial charge < -0.3 is 14.4 Å². The summed E-state index contributed by atoms with van der Waals surface area (Å²) in [5.41, 5.74) is 2.85. The Balaban J connectivity index is 1.26. The molecule has 0 N–H and O–H groups in total. The highest BCUT2D eigenvalue weighted by Crippen LogP contribution is 2.35. The summed E-state index contributed by atoms with van der Waals surface area (Å²) in [7, 11) is 0. The molecule has 1 unspecified atom stereocenters. The maximum absolute atomic E-state index is 12.9. The number of carbonyl (C=O) groups excluding carboxylic acids is 2. The van der Waals surface area contributed by atoms with Crippen LogP contribution in [0, 0.1) is 5.92 Å². The molecule has 2 aliphatic rings. The maximum atomic E-state index is 12.9. The van der Waals surface area contributed by atoms with Crippen molar-refractivity contribution < 1.29 is 19.1 Å². The van der Waals surface area contributed by atoms with Crippen molar-refractivity contribution in [3.63, 3.8) is 0 Å². The summed E-state index contributed by atoms with van der Waals surface area (Å²) < 4.78 is 11.8. The number of anilines is 2. The second-order valence-electron chi connectivity index (χ2n) is 10.5. The molecule has 39 heavy (non-hydrogen) atoms. The van der Waals surface area contributed by atoms with Crippen molar-refractivity contribution in [2.24, 2.45) is 5.92 Å². The number of hydrogen-bond donors (Lipinski definition) is 0. The van der Waals surface area contributed by atoms with E-state index >= 15 is 0 Å². The Morgan fingerprint density at radius 1 is 1.00 bits per heavy atom. The lowest BCUT2D eigenvalue weighted by Crippen LogP contribution is -2.48. The number of ether oxygens (including phenoxy) is 2. The average molecular weight is 577 g/mol. The quantitative estimate of drug-likeness (QED) is 0.235. The first kappa shape index (κ1) is 29.5. The summed E-state index contributed by atoms with van der Waals surface area (Å²) >= 11 is 12.6. The van der Waals surface area contributed by atoms with Crippen LogP contribution >= 0.6 is 23.2 Å². The highest BCUT2D eigenvalue weighted by Gasteiger charge is 2.35. The summed E-state index contributed by atoms with van der Waals surface area (Å²) in [6.45, 7) is 11.1. The van der Waals surface area contributed by atoms with E-state index in [-0.39, 0.29) is 24.2 Å². The molecule has 0 spiro atoms. The second-order valence-corrected chi connectivity index (χ2v) is 11.3. The summed E-state index contributed by atoms with van der Waals surface area (Å²) in [5.74, 6) is 0.352. The van der Waals surface area contributed by atoms with E-state index in [4.69, 9.17) is 32.7 Å². The van der Waals surface area contributed by atoms with Crippen LogP contribution in [-0.2, 0) is 20.7 Å². The zero-order chi connectivity index (χ0) is 27.9. The van der Waals surface area contributed by atoms with E-state index in [1.54, 1.807) is 11.8 Å². The number of esters is 1. The van der Waals surface area contributed by atoms with Crippen LogP contribution in [0.3, 0.4) is 0 Å². The van der Waals surface area contributed by atoms with E-state index < -0.39 is 6.23 Å². The van der Waals surface area contributed by atoms with Crippen LogP contribution in [0.5, 0.6) is 5.75 Å². The van der Waals surface area contributed by atoms with Crippen LogP contribution in [0.2, 0.25) is 10.0 Å². The van der Waals surface area contributed by atoms with Gasteiger partial charge in [-0.15, -0.1) is 0 Å². The number of unbranched alkanes of at least 4 members (excludes halogenated alkanes) is 1. The minimum absolute atomic E-state index is 0.0278. The Kier molecular flexibility index (Phi) is 10.4. The SMILES string of the molecule is CCC(=O)OC(C(C)C)N1C(=O)CCc2ccc(OCCCCN3CCN(c4cccc(Cl)c4Cl)CC3)cc21. The van der Waals surface area contributed by atoms with Gasteiger partial charge in [0.15, 0.2) is 6.23 Å². The van der Waals surface area contributed by atoms with Gasteiger partial charge in [-0.05, 0) is 49.6 Å². The van der Waals surface area contributed by atoms with E-state index in [0.717, 1.165) is 68.3 Å². The van der Waals surface area contributed by atoms with E-state index in [9.17, 15) is 9.59 Å². The zero-order valence-corrected chi connectivity index (χ0v) is 24.6. The molecule has 0 saturated carbocycles. The van der Waals surface area contributed by atoms with Crippen molar-refractivity contribution in [3.8, 4) is 5.75 Å². The second kappa shape index (κ2) is 13.7. The third kappa shape index (κ3) is 7.38. The Morgan fingerprint density at radius 2 is 1.77 bits per heavy atom.